The number of hydrogen-bond acceptors (Lipinski definition) is 8. The zero-order valence-corrected chi connectivity index (χ0v) is 10.7. The van der Waals surface area contributed by atoms with Crippen molar-refractivity contribution in [2.75, 3.05) is 24.2 Å². The molecule has 10 heteroatoms. The van der Waals surface area contributed by atoms with Gasteiger partial charge in [-0.05, 0) is 6.07 Å². The van der Waals surface area contributed by atoms with Crippen molar-refractivity contribution in [3.8, 4) is 5.95 Å². The smallest absolute Gasteiger partial charge is 0.257 e. The molecule has 0 fully saturated rings. The molecule has 2 heterocycles. The van der Waals surface area contributed by atoms with Crippen molar-refractivity contribution in [1.29, 1.82) is 0 Å². The molecule has 10 nitrogen and oxygen atoms in total. The van der Waals surface area contributed by atoms with Crippen LogP contribution in [0.2, 0.25) is 0 Å². The van der Waals surface area contributed by atoms with Gasteiger partial charge in [-0.2, -0.15) is 20.1 Å². The molecule has 20 heavy (non-hydrogen) atoms. The summed E-state index contributed by atoms with van der Waals surface area (Å²) < 4.78 is 1.46. The first-order valence-corrected chi connectivity index (χ1v) is 5.75. The molecule has 1 unspecified atom stereocenters. The van der Waals surface area contributed by atoms with Gasteiger partial charge in [-0.1, -0.05) is 0 Å². The summed E-state index contributed by atoms with van der Waals surface area (Å²) in [5, 5.41) is 18.8. The Hall–Kier alpha value is -2.75. The molecule has 2 aromatic heterocycles. The van der Waals surface area contributed by atoms with Crippen LogP contribution in [-0.2, 0) is 4.79 Å². The van der Waals surface area contributed by atoms with E-state index in [2.05, 4.69) is 30.7 Å². The van der Waals surface area contributed by atoms with E-state index in [9.17, 15) is 9.90 Å². The number of aliphatic hydroxyl groups is 1. The maximum Gasteiger partial charge on any atom is 0.257 e. The van der Waals surface area contributed by atoms with Crippen LogP contribution in [0.15, 0.2) is 18.5 Å². The van der Waals surface area contributed by atoms with E-state index < -0.39 is 12.0 Å². The van der Waals surface area contributed by atoms with Crippen LogP contribution in [0.5, 0.6) is 0 Å². The van der Waals surface area contributed by atoms with Gasteiger partial charge in [0.05, 0.1) is 6.54 Å². The zero-order chi connectivity index (χ0) is 14.5. The van der Waals surface area contributed by atoms with Gasteiger partial charge in [0, 0.05) is 19.4 Å². The molecule has 106 valence electrons. The lowest BCUT2D eigenvalue weighted by Crippen LogP contribution is -2.34. The van der Waals surface area contributed by atoms with Crippen molar-refractivity contribution in [1.82, 2.24) is 24.7 Å². The monoisotopic (exact) mass is 278 g/mol. The van der Waals surface area contributed by atoms with E-state index in [0.717, 1.165) is 0 Å². The number of primary amides is 1. The van der Waals surface area contributed by atoms with Crippen molar-refractivity contribution in [2.45, 2.75) is 6.10 Å². The summed E-state index contributed by atoms with van der Waals surface area (Å²) in [7, 11) is 1.66. The second kappa shape index (κ2) is 5.93. The summed E-state index contributed by atoms with van der Waals surface area (Å²) in [6, 6.07) is 1.73. The number of hydrogen-bond donors (Lipinski definition) is 4. The van der Waals surface area contributed by atoms with E-state index in [4.69, 9.17) is 5.73 Å². The second-order valence-corrected chi connectivity index (χ2v) is 3.78. The predicted molar refractivity (Wildman–Crippen MR) is 70.2 cm³/mol. The number of rotatable bonds is 6. The van der Waals surface area contributed by atoms with Gasteiger partial charge in [0.15, 0.2) is 0 Å². The SMILES string of the molecule is CNc1nc(NCC(O)C(N)=O)nc(-n2cccn2)n1. The summed E-state index contributed by atoms with van der Waals surface area (Å²) in [4.78, 5) is 23.0. The standard InChI is InChI=1S/C10H14N8O2/c1-12-8-15-9(13-5-6(19)7(11)20)17-10(16-8)18-4-2-3-14-18/h2-4,6,19H,5H2,1H3,(H2,11,20)(H2,12,13,15,16,17). The molecule has 0 aliphatic heterocycles. The first-order chi connectivity index (χ1) is 9.60. The van der Waals surface area contributed by atoms with Crippen molar-refractivity contribution >= 4 is 17.8 Å². The van der Waals surface area contributed by atoms with Gasteiger partial charge in [0.1, 0.15) is 6.10 Å². The van der Waals surface area contributed by atoms with Crippen LogP contribution in [0.1, 0.15) is 0 Å². The highest BCUT2D eigenvalue weighted by Gasteiger charge is 2.12. The Labute approximate surface area is 114 Å². The summed E-state index contributed by atoms with van der Waals surface area (Å²) in [6.45, 7) is -0.0962. The number of nitrogens with one attached hydrogen (secondary N) is 2. The summed E-state index contributed by atoms with van der Waals surface area (Å²) in [5.74, 6) is -0.0187. The minimum atomic E-state index is -1.32. The number of aromatic nitrogens is 5. The second-order valence-electron chi connectivity index (χ2n) is 3.78. The predicted octanol–water partition coefficient (Wildman–Crippen LogP) is -1.64. The van der Waals surface area contributed by atoms with Crippen LogP contribution in [0.25, 0.3) is 5.95 Å². The Morgan fingerprint density at radius 2 is 2.20 bits per heavy atom. The van der Waals surface area contributed by atoms with Crippen LogP contribution in [0.3, 0.4) is 0 Å². The van der Waals surface area contributed by atoms with Crippen LogP contribution in [-0.4, -0.2) is 55.4 Å². The summed E-state index contributed by atoms with van der Waals surface area (Å²) in [6.07, 6.45) is 1.95. The van der Waals surface area contributed by atoms with Gasteiger partial charge in [-0.15, -0.1) is 0 Å². The number of aliphatic hydroxyl groups excluding tert-OH is 1. The van der Waals surface area contributed by atoms with Crippen LogP contribution in [0.4, 0.5) is 11.9 Å². The third kappa shape index (κ3) is 3.17. The quantitative estimate of drug-likeness (QED) is 0.492. The Kier molecular flexibility index (Phi) is 4.05. The Morgan fingerprint density at radius 3 is 2.80 bits per heavy atom. The number of nitrogens with two attached hydrogens (primary N) is 1. The topological polar surface area (TPSA) is 144 Å². The number of carbonyl (C=O) groups is 1. The lowest BCUT2D eigenvalue weighted by molar-refractivity contribution is -0.125. The highest BCUT2D eigenvalue weighted by Crippen LogP contribution is 2.08. The van der Waals surface area contributed by atoms with Gasteiger partial charge in [-0.25, -0.2) is 4.68 Å². The Balaban J connectivity index is 2.20. The van der Waals surface area contributed by atoms with E-state index in [1.165, 1.54) is 4.68 Å². The van der Waals surface area contributed by atoms with Gasteiger partial charge in [0.2, 0.25) is 17.8 Å². The van der Waals surface area contributed by atoms with E-state index in [0.29, 0.717) is 11.9 Å². The fourth-order valence-electron chi connectivity index (χ4n) is 1.33. The first kappa shape index (κ1) is 13.7. The zero-order valence-electron chi connectivity index (χ0n) is 10.7. The van der Waals surface area contributed by atoms with E-state index in [1.54, 1.807) is 25.5 Å². The Bertz CT molecular complexity index is 585. The third-order valence-corrected chi connectivity index (χ3v) is 2.34. The van der Waals surface area contributed by atoms with Crippen LogP contribution < -0.4 is 16.4 Å². The minimum absolute atomic E-state index is 0.0962. The number of carbonyl (C=O) groups excluding carboxylic acids is 1. The molecule has 0 aromatic carbocycles. The highest BCUT2D eigenvalue weighted by atomic mass is 16.3. The molecule has 0 saturated heterocycles. The molecular weight excluding hydrogens is 264 g/mol. The molecule has 1 atom stereocenters. The minimum Gasteiger partial charge on any atom is -0.381 e. The number of amides is 1. The van der Waals surface area contributed by atoms with E-state index >= 15 is 0 Å². The molecule has 0 aliphatic rings. The molecular formula is C10H14N8O2. The molecule has 2 aromatic rings. The van der Waals surface area contributed by atoms with Crippen molar-refractivity contribution in [2.24, 2.45) is 5.73 Å². The first-order valence-electron chi connectivity index (χ1n) is 5.75. The number of anilines is 2. The third-order valence-electron chi connectivity index (χ3n) is 2.34. The molecule has 2 rings (SSSR count). The van der Waals surface area contributed by atoms with Crippen molar-refractivity contribution in [3.05, 3.63) is 18.5 Å². The lowest BCUT2D eigenvalue weighted by Gasteiger charge is -2.10. The molecule has 0 aliphatic carbocycles. The van der Waals surface area contributed by atoms with Crippen LogP contribution in [0, 0.1) is 0 Å². The Morgan fingerprint density at radius 1 is 1.45 bits per heavy atom. The molecule has 0 radical (unpaired) electrons. The maximum absolute atomic E-state index is 10.7. The molecule has 5 N–H and O–H groups in total. The van der Waals surface area contributed by atoms with Gasteiger partial charge in [0.25, 0.3) is 5.95 Å². The maximum atomic E-state index is 10.7. The fourth-order valence-corrected chi connectivity index (χ4v) is 1.33. The number of nitrogens with zero attached hydrogens (tertiary/aromatic N) is 5. The van der Waals surface area contributed by atoms with Gasteiger partial charge < -0.3 is 21.5 Å². The average Bonchev–Trinajstić information content (AvgIpc) is 2.98. The van der Waals surface area contributed by atoms with Gasteiger partial charge in [-0.3, -0.25) is 4.79 Å². The normalized spacial score (nSPS) is 11.9. The van der Waals surface area contributed by atoms with Crippen molar-refractivity contribution < 1.29 is 9.90 Å². The summed E-state index contributed by atoms with van der Waals surface area (Å²) in [5.41, 5.74) is 4.95. The lowest BCUT2D eigenvalue weighted by atomic mass is 10.3. The van der Waals surface area contributed by atoms with Gasteiger partial charge >= 0.3 is 0 Å². The average molecular weight is 278 g/mol. The highest BCUT2D eigenvalue weighted by molar-refractivity contribution is 5.79. The van der Waals surface area contributed by atoms with E-state index in [1.807, 2.05) is 0 Å². The fraction of sp³-hybridized carbons (Fsp3) is 0.300. The van der Waals surface area contributed by atoms with Crippen molar-refractivity contribution in [3.63, 3.8) is 0 Å². The van der Waals surface area contributed by atoms with E-state index in [-0.39, 0.29) is 12.5 Å². The molecule has 0 bridgehead atoms. The molecule has 0 saturated carbocycles. The summed E-state index contributed by atoms with van der Waals surface area (Å²) >= 11 is 0. The largest absolute Gasteiger partial charge is 0.381 e. The molecule has 0 spiro atoms. The molecule has 1 amide bonds. The van der Waals surface area contributed by atoms with Crippen LogP contribution >= 0.6 is 0 Å².